The molecule has 73 heavy (non-hydrogen) atoms. The number of furan rings is 1. The van der Waals surface area contributed by atoms with E-state index >= 15 is 0 Å². The molecule has 0 unspecified atom stereocenters. The number of nitrogens with zero attached hydrogens (tertiary/aromatic N) is 1. The molecule has 1 aromatic heterocycles. The minimum atomic E-state index is -0.562. The van der Waals surface area contributed by atoms with Crippen LogP contribution in [-0.4, -0.2) is 0 Å². The lowest BCUT2D eigenvalue weighted by Gasteiger charge is -2.34. The molecule has 0 N–H and O–H groups in total. The molecule has 0 atom stereocenters. The maximum Gasteiger partial charge on any atom is 0.159 e. The summed E-state index contributed by atoms with van der Waals surface area (Å²) in [5.74, 6) is 0. The molecule has 0 saturated carbocycles. The van der Waals surface area contributed by atoms with E-state index in [1.165, 1.54) is 88.3 Å². The maximum atomic E-state index is 7.42. The molecule has 12 aromatic rings. The molecule has 350 valence electrons. The van der Waals surface area contributed by atoms with E-state index in [-0.39, 0.29) is 10.8 Å². The van der Waals surface area contributed by atoms with Gasteiger partial charge in [0.1, 0.15) is 5.58 Å². The summed E-state index contributed by atoms with van der Waals surface area (Å²) in [7, 11) is 0. The van der Waals surface area contributed by atoms with Crippen molar-refractivity contribution in [2.75, 3.05) is 4.90 Å². The van der Waals surface area contributed by atoms with Crippen molar-refractivity contribution in [2.45, 2.75) is 57.8 Å². The fourth-order valence-corrected chi connectivity index (χ4v) is 12.6. The number of benzene rings is 11. The minimum absolute atomic E-state index is 0.0453. The Bertz CT molecular complexity index is 4150. The molecule has 0 bridgehead atoms. The largest absolute Gasteiger partial charge is 0.453 e. The number of rotatable bonds is 5. The van der Waals surface area contributed by atoms with E-state index in [1.54, 1.807) is 0 Å². The molecule has 2 aliphatic rings. The van der Waals surface area contributed by atoms with Gasteiger partial charge in [-0.2, -0.15) is 0 Å². The van der Waals surface area contributed by atoms with Gasteiger partial charge in [0.25, 0.3) is 0 Å². The van der Waals surface area contributed by atoms with Crippen LogP contribution in [0.15, 0.2) is 229 Å². The number of para-hydroxylation sites is 1. The normalized spacial score (nSPS) is 13.5. The average molecular weight is 938 g/mol. The van der Waals surface area contributed by atoms with E-state index in [1.807, 2.05) is 0 Å². The smallest absolute Gasteiger partial charge is 0.159 e. The Hall–Kier alpha value is -8.46. The molecule has 0 aliphatic heterocycles. The highest BCUT2D eigenvalue weighted by Gasteiger charge is 2.52. The van der Waals surface area contributed by atoms with Gasteiger partial charge in [-0.25, -0.2) is 0 Å². The minimum Gasteiger partial charge on any atom is -0.453 e. The molecule has 0 radical (unpaired) electrons. The lowest BCUT2D eigenvalue weighted by molar-refractivity contribution is 0.586. The first kappa shape index (κ1) is 43.3. The van der Waals surface area contributed by atoms with Crippen LogP contribution in [-0.2, 0) is 16.2 Å². The second-order valence-corrected chi connectivity index (χ2v) is 22.4. The van der Waals surface area contributed by atoms with Gasteiger partial charge < -0.3 is 9.32 Å². The van der Waals surface area contributed by atoms with E-state index in [0.717, 1.165) is 50.1 Å². The van der Waals surface area contributed by atoms with Gasteiger partial charge in [0.2, 0.25) is 0 Å². The molecule has 0 fully saturated rings. The summed E-state index contributed by atoms with van der Waals surface area (Å²) in [5.41, 5.74) is 22.0. The van der Waals surface area contributed by atoms with Crippen molar-refractivity contribution in [1.29, 1.82) is 0 Å². The first-order valence-corrected chi connectivity index (χ1v) is 25.8. The topological polar surface area (TPSA) is 16.4 Å². The summed E-state index contributed by atoms with van der Waals surface area (Å²) in [6, 6.07) is 84.0. The Labute approximate surface area is 427 Å². The Balaban J connectivity index is 1.06. The van der Waals surface area contributed by atoms with E-state index in [0.29, 0.717) is 0 Å². The van der Waals surface area contributed by atoms with Crippen LogP contribution in [0.4, 0.5) is 17.1 Å². The van der Waals surface area contributed by atoms with Crippen LogP contribution in [0.2, 0.25) is 0 Å². The summed E-state index contributed by atoms with van der Waals surface area (Å²) in [5, 5.41) is 7.07. The van der Waals surface area contributed by atoms with Gasteiger partial charge in [0, 0.05) is 27.7 Å². The van der Waals surface area contributed by atoms with E-state index in [4.69, 9.17) is 4.42 Å². The van der Waals surface area contributed by atoms with Gasteiger partial charge >= 0.3 is 0 Å². The Morgan fingerprint density at radius 1 is 0.342 bits per heavy atom. The third-order valence-corrected chi connectivity index (χ3v) is 16.2. The van der Waals surface area contributed by atoms with Crippen LogP contribution in [0.3, 0.4) is 0 Å². The molecule has 11 aromatic carbocycles. The van der Waals surface area contributed by atoms with E-state index in [9.17, 15) is 0 Å². The SMILES string of the molecule is CC(C)(C)c1ccc2c(c1)C1(c3ccccc3-c3ccc(N(c4ccc(-c5cccc6ccccc56)cc4)c4cccc5c4oc4c(-c6ccccc6)cc6ccccc6c45)cc31)c1cc(C(C)(C)C)ccc1-2. The lowest BCUT2D eigenvalue weighted by Crippen LogP contribution is -2.27. The fourth-order valence-electron chi connectivity index (χ4n) is 12.6. The molecule has 1 heterocycles. The first-order valence-electron chi connectivity index (χ1n) is 25.8. The van der Waals surface area contributed by atoms with Gasteiger partial charge in [0.05, 0.1) is 11.1 Å². The Morgan fingerprint density at radius 3 is 1.58 bits per heavy atom. The Kier molecular flexibility index (Phi) is 9.36. The summed E-state index contributed by atoms with van der Waals surface area (Å²) in [6.07, 6.45) is 0. The first-order chi connectivity index (χ1) is 35.5. The molecule has 2 aliphatic carbocycles. The number of fused-ring (bicyclic) bond motifs is 16. The monoisotopic (exact) mass is 937 g/mol. The second kappa shape index (κ2) is 15.8. The highest BCUT2D eigenvalue weighted by molar-refractivity contribution is 6.24. The zero-order valence-electron chi connectivity index (χ0n) is 42.2. The van der Waals surface area contributed by atoms with Crippen molar-refractivity contribution in [3.8, 4) is 44.5 Å². The zero-order valence-corrected chi connectivity index (χ0v) is 42.2. The quantitative estimate of drug-likeness (QED) is 0.171. The van der Waals surface area contributed by atoms with Crippen LogP contribution >= 0.6 is 0 Å². The van der Waals surface area contributed by atoms with Crippen molar-refractivity contribution in [3.05, 3.63) is 258 Å². The maximum absolute atomic E-state index is 7.42. The molecule has 14 rings (SSSR count). The number of hydrogen-bond acceptors (Lipinski definition) is 2. The second-order valence-electron chi connectivity index (χ2n) is 22.4. The van der Waals surface area contributed by atoms with Crippen molar-refractivity contribution >= 4 is 60.5 Å². The van der Waals surface area contributed by atoms with Crippen molar-refractivity contribution in [1.82, 2.24) is 0 Å². The molecule has 0 saturated heterocycles. The fraction of sp³-hybridized carbons (Fsp3) is 0.127. The standard InChI is InChI=1S/C71H55NO/c1-69(2,3)48-32-37-56-57-38-33-49(70(4,5)6)42-63(57)71(62(56)41-48)61-28-15-14-25-55(61)58-39-36-51(43-64(58)71)72(50-34-30-46(31-35-50)53-26-16-22-44-20-10-12-23-52(44)53)65-29-17-27-59-66-54-24-13-11-21-47(54)40-60(68(66)73-67(59)65)45-18-8-7-9-19-45/h7-43H,1-6H3. The molecule has 0 amide bonds. The van der Waals surface area contributed by atoms with Gasteiger partial charge in [-0.3, -0.25) is 0 Å². The van der Waals surface area contributed by atoms with Crippen LogP contribution in [0.25, 0.3) is 88.0 Å². The number of hydrogen-bond donors (Lipinski definition) is 0. The molecular weight excluding hydrogens is 883 g/mol. The summed E-state index contributed by atoms with van der Waals surface area (Å²) in [6.45, 7) is 14.0. The number of anilines is 3. The van der Waals surface area contributed by atoms with Crippen molar-refractivity contribution in [2.24, 2.45) is 0 Å². The summed E-state index contributed by atoms with van der Waals surface area (Å²) >= 11 is 0. The molecule has 1 spiro atoms. The van der Waals surface area contributed by atoms with Gasteiger partial charge in [-0.1, -0.05) is 230 Å². The van der Waals surface area contributed by atoms with Gasteiger partial charge in [0.15, 0.2) is 5.58 Å². The highest BCUT2D eigenvalue weighted by atomic mass is 16.3. The van der Waals surface area contributed by atoms with Crippen LogP contribution in [0.5, 0.6) is 0 Å². The van der Waals surface area contributed by atoms with E-state index in [2.05, 4.69) is 271 Å². The summed E-state index contributed by atoms with van der Waals surface area (Å²) in [4.78, 5) is 2.45. The molecular formula is C71H55NO. The van der Waals surface area contributed by atoms with Gasteiger partial charge in [-0.15, -0.1) is 0 Å². The van der Waals surface area contributed by atoms with Crippen LogP contribution in [0.1, 0.15) is 74.9 Å². The predicted octanol–water partition coefficient (Wildman–Crippen LogP) is 19.6. The highest BCUT2D eigenvalue weighted by Crippen LogP contribution is 2.64. The van der Waals surface area contributed by atoms with Crippen molar-refractivity contribution < 1.29 is 4.42 Å². The summed E-state index contributed by atoms with van der Waals surface area (Å²) < 4.78 is 7.42. The third kappa shape index (κ3) is 6.42. The molecule has 2 heteroatoms. The molecule has 2 nitrogen and oxygen atoms in total. The average Bonchev–Trinajstić information content (AvgIpc) is 4.06. The Morgan fingerprint density at radius 2 is 0.863 bits per heavy atom. The predicted molar refractivity (Wildman–Crippen MR) is 308 cm³/mol. The van der Waals surface area contributed by atoms with Gasteiger partial charge in [-0.05, 0) is 141 Å². The van der Waals surface area contributed by atoms with E-state index < -0.39 is 5.41 Å². The van der Waals surface area contributed by atoms with Crippen molar-refractivity contribution in [3.63, 3.8) is 0 Å². The third-order valence-electron chi connectivity index (χ3n) is 16.2. The van der Waals surface area contributed by atoms with Crippen LogP contribution < -0.4 is 4.90 Å². The van der Waals surface area contributed by atoms with Crippen LogP contribution in [0, 0.1) is 0 Å². The zero-order chi connectivity index (χ0) is 49.4. The lowest BCUT2D eigenvalue weighted by atomic mass is 9.68.